The quantitative estimate of drug-likeness (QED) is 0.802. The summed E-state index contributed by atoms with van der Waals surface area (Å²) in [6.45, 7) is 6.41. The first-order chi connectivity index (χ1) is 10.2. The van der Waals surface area contributed by atoms with Gasteiger partial charge in [-0.05, 0) is 49.4 Å². The van der Waals surface area contributed by atoms with E-state index >= 15 is 0 Å². The van der Waals surface area contributed by atoms with Crippen LogP contribution in [0, 0.1) is 0 Å². The lowest BCUT2D eigenvalue weighted by molar-refractivity contribution is 0.569. The molecular formula is C17H25N3S. The van der Waals surface area contributed by atoms with E-state index in [2.05, 4.69) is 65.7 Å². The molecule has 0 aromatic carbocycles. The standard InChI is InChI=1S/C17H25N3S/c1-4-10-18-14(2)15-7-8-17(19-13-15)20(3)11-9-16-6-5-12-21-16/h5-8,12-14,18H,4,9-11H2,1-3H3. The molecule has 0 radical (unpaired) electrons. The van der Waals surface area contributed by atoms with Crippen LogP contribution in [0.15, 0.2) is 35.8 Å². The van der Waals surface area contributed by atoms with Crippen LogP contribution in [0.4, 0.5) is 5.82 Å². The van der Waals surface area contributed by atoms with E-state index in [1.165, 1.54) is 10.4 Å². The van der Waals surface area contributed by atoms with Crippen LogP contribution in [0.25, 0.3) is 0 Å². The first kappa shape index (κ1) is 16.0. The molecule has 0 saturated carbocycles. The van der Waals surface area contributed by atoms with Gasteiger partial charge in [-0.3, -0.25) is 0 Å². The van der Waals surface area contributed by atoms with Crippen molar-refractivity contribution in [2.45, 2.75) is 32.7 Å². The molecule has 0 saturated heterocycles. The summed E-state index contributed by atoms with van der Waals surface area (Å²) in [6, 6.07) is 8.96. The largest absolute Gasteiger partial charge is 0.359 e. The molecule has 0 aliphatic carbocycles. The molecule has 1 atom stereocenters. The normalized spacial score (nSPS) is 12.3. The van der Waals surface area contributed by atoms with Crippen molar-refractivity contribution in [3.05, 3.63) is 46.3 Å². The molecule has 114 valence electrons. The van der Waals surface area contributed by atoms with Crippen LogP contribution in [-0.4, -0.2) is 25.1 Å². The van der Waals surface area contributed by atoms with Gasteiger partial charge in [-0.15, -0.1) is 11.3 Å². The van der Waals surface area contributed by atoms with E-state index in [-0.39, 0.29) is 0 Å². The number of thiophene rings is 1. The number of likely N-dealkylation sites (N-methyl/N-ethyl adjacent to an activating group) is 1. The van der Waals surface area contributed by atoms with Crippen LogP contribution in [0.2, 0.25) is 0 Å². The van der Waals surface area contributed by atoms with Crippen molar-refractivity contribution in [1.82, 2.24) is 10.3 Å². The second-order valence-corrected chi connectivity index (χ2v) is 6.41. The lowest BCUT2D eigenvalue weighted by atomic mass is 10.1. The lowest BCUT2D eigenvalue weighted by Gasteiger charge is -2.19. The monoisotopic (exact) mass is 303 g/mol. The van der Waals surface area contributed by atoms with Crippen molar-refractivity contribution in [2.24, 2.45) is 0 Å². The number of nitrogens with one attached hydrogen (secondary N) is 1. The number of hydrogen-bond donors (Lipinski definition) is 1. The van der Waals surface area contributed by atoms with Gasteiger partial charge in [0.2, 0.25) is 0 Å². The summed E-state index contributed by atoms with van der Waals surface area (Å²) in [7, 11) is 2.11. The molecule has 0 spiro atoms. The van der Waals surface area contributed by atoms with Crippen LogP contribution < -0.4 is 10.2 Å². The van der Waals surface area contributed by atoms with E-state index in [1.807, 2.05) is 17.5 Å². The highest BCUT2D eigenvalue weighted by molar-refractivity contribution is 7.09. The van der Waals surface area contributed by atoms with Crippen LogP contribution in [0.5, 0.6) is 0 Å². The van der Waals surface area contributed by atoms with Gasteiger partial charge in [-0.25, -0.2) is 4.98 Å². The highest BCUT2D eigenvalue weighted by atomic mass is 32.1. The molecule has 4 heteroatoms. The van der Waals surface area contributed by atoms with E-state index in [0.29, 0.717) is 6.04 Å². The van der Waals surface area contributed by atoms with Crippen molar-refractivity contribution < 1.29 is 0 Å². The van der Waals surface area contributed by atoms with E-state index < -0.39 is 0 Å². The Balaban J connectivity index is 1.88. The van der Waals surface area contributed by atoms with Gasteiger partial charge in [0.05, 0.1) is 0 Å². The van der Waals surface area contributed by atoms with Gasteiger partial charge in [-0.2, -0.15) is 0 Å². The zero-order valence-electron chi connectivity index (χ0n) is 13.2. The molecule has 2 aromatic rings. The molecule has 0 fully saturated rings. The van der Waals surface area contributed by atoms with Crippen molar-refractivity contribution in [3.63, 3.8) is 0 Å². The summed E-state index contributed by atoms with van der Waals surface area (Å²) in [6.07, 6.45) is 4.22. The number of hydrogen-bond acceptors (Lipinski definition) is 4. The third-order valence-electron chi connectivity index (χ3n) is 3.64. The average Bonchev–Trinajstić information content (AvgIpc) is 3.04. The van der Waals surface area contributed by atoms with E-state index in [1.54, 1.807) is 0 Å². The minimum atomic E-state index is 0.364. The van der Waals surface area contributed by atoms with Gasteiger partial charge >= 0.3 is 0 Å². The van der Waals surface area contributed by atoms with E-state index in [9.17, 15) is 0 Å². The van der Waals surface area contributed by atoms with Crippen molar-refractivity contribution in [1.29, 1.82) is 0 Å². The van der Waals surface area contributed by atoms with Gasteiger partial charge in [0.15, 0.2) is 0 Å². The fourth-order valence-corrected chi connectivity index (χ4v) is 2.90. The lowest BCUT2D eigenvalue weighted by Crippen LogP contribution is -2.22. The first-order valence-electron chi connectivity index (χ1n) is 7.63. The number of rotatable bonds is 8. The molecule has 21 heavy (non-hydrogen) atoms. The predicted octanol–water partition coefficient (Wildman–Crippen LogP) is 3.88. The fraction of sp³-hybridized carbons (Fsp3) is 0.471. The number of aromatic nitrogens is 1. The Labute approximate surface area is 132 Å². The average molecular weight is 303 g/mol. The Hall–Kier alpha value is -1.39. The maximum Gasteiger partial charge on any atom is 0.128 e. The third-order valence-corrected chi connectivity index (χ3v) is 4.57. The topological polar surface area (TPSA) is 28.2 Å². The maximum atomic E-state index is 4.60. The highest BCUT2D eigenvalue weighted by Crippen LogP contribution is 2.16. The molecule has 1 unspecified atom stereocenters. The molecule has 0 aliphatic rings. The van der Waals surface area contributed by atoms with Crippen molar-refractivity contribution >= 4 is 17.2 Å². The zero-order chi connectivity index (χ0) is 15.1. The Morgan fingerprint density at radius 3 is 2.81 bits per heavy atom. The van der Waals surface area contributed by atoms with E-state index in [0.717, 1.165) is 31.7 Å². The van der Waals surface area contributed by atoms with Crippen LogP contribution in [-0.2, 0) is 6.42 Å². The Bertz CT molecular complexity index is 507. The van der Waals surface area contributed by atoms with Crippen molar-refractivity contribution in [3.8, 4) is 0 Å². The summed E-state index contributed by atoms with van der Waals surface area (Å²) >= 11 is 1.82. The summed E-state index contributed by atoms with van der Waals surface area (Å²) in [5, 5.41) is 5.62. The SMILES string of the molecule is CCCNC(C)c1ccc(N(C)CCc2cccs2)nc1. The summed E-state index contributed by atoms with van der Waals surface area (Å²) < 4.78 is 0. The van der Waals surface area contributed by atoms with Crippen molar-refractivity contribution in [2.75, 3.05) is 25.0 Å². The molecule has 0 bridgehead atoms. The highest BCUT2D eigenvalue weighted by Gasteiger charge is 2.07. The Kier molecular flexibility index (Phi) is 6.21. The van der Waals surface area contributed by atoms with Gasteiger partial charge in [0.1, 0.15) is 5.82 Å². The van der Waals surface area contributed by atoms with Crippen LogP contribution in [0.1, 0.15) is 36.8 Å². The summed E-state index contributed by atoms with van der Waals surface area (Å²) in [5.74, 6) is 1.04. The fourth-order valence-electron chi connectivity index (χ4n) is 2.21. The number of pyridine rings is 1. The van der Waals surface area contributed by atoms with E-state index in [4.69, 9.17) is 0 Å². The van der Waals surface area contributed by atoms with Crippen LogP contribution >= 0.6 is 11.3 Å². The Morgan fingerprint density at radius 1 is 1.33 bits per heavy atom. The molecule has 2 rings (SSSR count). The van der Waals surface area contributed by atoms with Gasteiger partial charge in [0, 0.05) is 30.7 Å². The second kappa shape index (κ2) is 8.15. The molecule has 0 amide bonds. The Morgan fingerprint density at radius 2 is 2.19 bits per heavy atom. The second-order valence-electron chi connectivity index (χ2n) is 5.38. The minimum absolute atomic E-state index is 0.364. The zero-order valence-corrected chi connectivity index (χ0v) is 14.0. The molecule has 2 heterocycles. The molecule has 0 aliphatic heterocycles. The molecule has 3 nitrogen and oxygen atoms in total. The summed E-state index contributed by atoms with van der Waals surface area (Å²) in [4.78, 5) is 8.24. The van der Waals surface area contributed by atoms with Gasteiger partial charge < -0.3 is 10.2 Å². The number of nitrogens with zero attached hydrogens (tertiary/aromatic N) is 2. The minimum Gasteiger partial charge on any atom is -0.359 e. The van der Waals surface area contributed by atoms with Crippen LogP contribution in [0.3, 0.4) is 0 Å². The summed E-state index contributed by atoms with van der Waals surface area (Å²) in [5.41, 5.74) is 1.25. The smallest absolute Gasteiger partial charge is 0.128 e. The molecular weight excluding hydrogens is 278 g/mol. The predicted molar refractivity (Wildman–Crippen MR) is 92.2 cm³/mol. The third kappa shape index (κ3) is 4.83. The molecule has 2 aromatic heterocycles. The first-order valence-corrected chi connectivity index (χ1v) is 8.51. The van der Waals surface area contributed by atoms with Gasteiger partial charge in [-0.1, -0.05) is 19.1 Å². The number of anilines is 1. The van der Waals surface area contributed by atoms with Gasteiger partial charge in [0.25, 0.3) is 0 Å². The maximum absolute atomic E-state index is 4.60. The molecule has 1 N–H and O–H groups in total.